The second-order valence-corrected chi connectivity index (χ2v) is 4.11. The van der Waals surface area contributed by atoms with E-state index in [2.05, 4.69) is 22.4 Å². The Hall–Kier alpha value is -0.310. The number of piperidine rings is 1. The van der Waals surface area contributed by atoms with Crippen LogP contribution in [0.2, 0.25) is 0 Å². The maximum atomic E-state index is 4.03. The van der Waals surface area contributed by atoms with Crippen LogP contribution in [0.1, 0.15) is 24.8 Å². The molecule has 0 saturated carbocycles. The average Bonchev–Trinajstić information content (AvgIpc) is 2.29. The van der Waals surface area contributed by atoms with Gasteiger partial charge in [0.15, 0.2) is 0 Å². The normalized spacial score (nSPS) is 19.4. The largest absolute Gasteiger partial charge is 0.316 e. The van der Waals surface area contributed by atoms with Crippen LogP contribution in [0.15, 0.2) is 24.5 Å². The molecule has 0 bridgehead atoms. The quantitative estimate of drug-likeness (QED) is 0.907. The first-order valence-electron chi connectivity index (χ1n) is 5.55. The number of halogens is 2. The molecular weight excluding hydrogens is 243 g/mol. The summed E-state index contributed by atoms with van der Waals surface area (Å²) in [5, 5.41) is 3.46. The van der Waals surface area contributed by atoms with E-state index in [1.807, 2.05) is 12.4 Å². The predicted octanol–water partition coefficient (Wildman–Crippen LogP) is 2.86. The van der Waals surface area contributed by atoms with Crippen molar-refractivity contribution in [2.75, 3.05) is 13.1 Å². The molecule has 0 aliphatic carbocycles. The lowest BCUT2D eigenvalue weighted by molar-refractivity contribution is 0.358. The lowest BCUT2D eigenvalue weighted by Gasteiger charge is -2.22. The first kappa shape index (κ1) is 15.7. The SMILES string of the molecule is Cl.Cl.c1cc(CCC2CCCNC2)ccn1. The molecule has 1 saturated heterocycles. The van der Waals surface area contributed by atoms with E-state index in [0.29, 0.717) is 0 Å². The molecule has 16 heavy (non-hydrogen) atoms. The zero-order valence-corrected chi connectivity index (χ0v) is 11.0. The maximum absolute atomic E-state index is 4.03. The highest BCUT2D eigenvalue weighted by Gasteiger charge is 2.12. The Labute approximate surface area is 110 Å². The van der Waals surface area contributed by atoms with E-state index >= 15 is 0 Å². The van der Waals surface area contributed by atoms with Crippen LogP contribution in [0.25, 0.3) is 0 Å². The number of hydrogen-bond acceptors (Lipinski definition) is 2. The molecule has 0 amide bonds. The zero-order chi connectivity index (χ0) is 9.64. The minimum absolute atomic E-state index is 0. The van der Waals surface area contributed by atoms with E-state index < -0.39 is 0 Å². The molecule has 0 radical (unpaired) electrons. The van der Waals surface area contributed by atoms with Crippen LogP contribution >= 0.6 is 24.8 Å². The van der Waals surface area contributed by atoms with E-state index in [-0.39, 0.29) is 24.8 Å². The van der Waals surface area contributed by atoms with Crippen LogP contribution in [0.4, 0.5) is 0 Å². The molecule has 1 aliphatic rings. The second-order valence-electron chi connectivity index (χ2n) is 4.11. The fourth-order valence-electron chi connectivity index (χ4n) is 2.09. The highest BCUT2D eigenvalue weighted by molar-refractivity contribution is 5.85. The number of aromatic nitrogens is 1. The Balaban J connectivity index is 0.00000112. The van der Waals surface area contributed by atoms with Crippen molar-refractivity contribution in [3.63, 3.8) is 0 Å². The summed E-state index contributed by atoms with van der Waals surface area (Å²) in [6, 6.07) is 4.24. The fourth-order valence-corrected chi connectivity index (χ4v) is 2.09. The average molecular weight is 263 g/mol. The molecule has 1 unspecified atom stereocenters. The Bertz CT molecular complexity index is 261. The first-order chi connectivity index (χ1) is 6.95. The van der Waals surface area contributed by atoms with Gasteiger partial charge < -0.3 is 5.32 Å². The van der Waals surface area contributed by atoms with Gasteiger partial charge in [0.05, 0.1) is 0 Å². The van der Waals surface area contributed by atoms with Crippen LogP contribution in [-0.4, -0.2) is 18.1 Å². The van der Waals surface area contributed by atoms with Crippen molar-refractivity contribution in [3.8, 4) is 0 Å². The van der Waals surface area contributed by atoms with Crippen LogP contribution in [-0.2, 0) is 6.42 Å². The van der Waals surface area contributed by atoms with Gasteiger partial charge in [-0.3, -0.25) is 4.98 Å². The molecule has 1 aromatic rings. The maximum Gasteiger partial charge on any atom is 0.0270 e. The van der Waals surface area contributed by atoms with Crippen molar-refractivity contribution in [2.24, 2.45) is 5.92 Å². The van der Waals surface area contributed by atoms with E-state index in [9.17, 15) is 0 Å². The number of nitrogens with zero attached hydrogens (tertiary/aromatic N) is 1. The van der Waals surface area contributed by atoms with Gasteiger partial charge in [0.1, 0.15) is 0 Å². The van der Waals surface area contributed by atoms with Crippen molar-refractivity contribution < 1.29 is 0 Å². The van der Waals surface area contributed by atoms with Gasteiger partial charge in [0.25, 0.3) is 0 Å². The molecular formula is C12H20Cl2N2. The predicted molar refractivity (Wildman–Crippen MR) is 72.6 cm³/mol. The molecule has 1 aromatic heterocycles. The molecule has 4 heteroatoms. The van der Waals surface area contributed by atoms with Crippen molar-refractivity contribution in [3.05, 3.63) is 30.1 Å². The third-order valence-electron chi connectivity index (χ3n) is 2.99. The van der Waals surface area contributed by atoms with Gasteiger partial charge in [-0.1, -0.05) is 0 Å². The van der Waals surface area contributed by atoms with Gasteiger partial charge >= 0.3 is 0 Å². The Kier molecular flexibility index (Phi) is 8.63. The van der Waals surface area contributed by atoms with Gasteiger partial charge in [0, 0.05) is 12.4 Å². The van der Waals surface area contributed by atoms with Crippen LogP contribution < -0.4 is 5.32 Å². The van der Waals surface area contributed by atoms with E-state index in [4.69, 9.17) is 0 Å². The van der Waals surface area contributed by atoms with E-state index in [0.717, 1.165) is 5.92 Å². The molecule has 2 nitrogen and oxygen atoms in total. The number of rotatable bonds is 3. The van der Waals surface area contributed by atoms with Crippen molar-refractivity contribution >= 4 is 24.8 Å². The molecule has 1 aliphatic heterocycles. The number of nitrogens with one attached hydrogen (secondary N) is 1. The summed E-state index contributed by atoms with van der Waals surface area (Å²) in [5.41, 5.74) is 1.42. The summed E-state index contributed by atoms with van der Waals surface area (Å²) in [4.78, 5) is 4.03. The van der Waals surface area contributed by atoms with Crippen LogP contribution in [0.3, 0.4) is 0 Å². The lowest BCUT2D eigenvalue weighted by Crippen LogP contribution is -2.29. The smallest absolute Gasteiger partial charge is 0.0270 e. The van der Waals surface area contributed by atoms with Crippen LogP contribution in [0.5, 0.6) is 0 Å². The fraction of sp³-hybridized carbons (Fsp3) is 0.583. The summed E-state index contributed by atoms with van der Waals surface area (Å²) in [7, 11) is 0. The highest BCUT2D eigenvalue weighted by Crippen LogP contribution is 2.16. The third kappa shape index (κ3) is 5.15. The summed E-state index contributed by atoms with van der Waals surface area (Å²) < 4.78 is 0. The third-order valence-corrected chi connectivity index (χ3v) is 2.99. The van der Waals surface area contributed by atoms with Gasteiger partial charge in [-0.15, -0.1) is 24.8 Å². The van der Waals surface area contributed by atoms with Crippen LogP contribution in [0, 0.1) is 5.92 Å². The van der Waals surface area contributed by atoms with Gasteiger partial charge in [0.2, 0.25) is 0 Å². The summed E-state index contributed by atoms with van der Waals surface area (Å²) in [6.45, 7) is 2.43. The summed E-state index contributed by atoms with van der Waals surface area (Å²) >= 11 is 0. The second kappa shape index (κ2) is 8.80. The summed E-state index contributed by atoms with van der Waals surface area (Å²) in [6.07, 6.45) is 9.04. The molecule has 0 spiro atoms. The van der Waals surface area contributed by atoms with Gasteiger partial charge in [-0.25, -0.2) is 0 Å². The molecule has 1 fully saturated rings. The Morgan fingerprint density at radius 2 is 2.00 bits per heavy atom. The van der Waals surface area contributed by atoms with Crippen molar-refractivity contribution in [1.82, 2.24) is 10.3 Å². The summed E-state index contributed by atoms with van der Waals surface area (Å²) in [5.74, 6) is 0.886. The van der Waals surface area contributed by atoms with E-state index in [1.54, 1.807) is 0 Å². The Morgan fingerprint density at radius 1 is 1.25 bits per heavy atom. The molecule has 2 rings (SSSR count). The zero-order valence-electron chi connectivity index (χ0n) is 9.39. The minimum atomic E-state index is 0. The molecule has 1 N–H and O–H groups in total. The van der Waals surface area contributed by atoms with Gasteiger partial charge in [-0.05, 0) is 62.4 Å². The van der Waals surface area contributed by atoms with Crippen molar-refractivity contribution in [1.29, 1.82) is 0 Å². The van der Waals surface area contributed by atoms with Gasteiger partial charge in [-0.2, -0.15) is 0 Å². The van der Waals surface area contributed by atoms with E-state index in [1.165, 1.54) is 44.3 Å². The molecule has 0 aromatic carbocycles. The minimum Gasteiger partial charge on any atom is -0.316 e. The van der Waals surface area contributed by atoms with Crippen molar-refractivity contribution in [2.45, 2.75) is 25.7 Å². The standard InChI is InChI=1S/C12H18N2.2ClH/c1-2-12(10-14-7-1)4-3-11-5-8-13-9-6-11;;/h5-6,8-9,12,14H,1-4,7,10H2;2*1H. The number of aryl methyl sites for hydroxylation is 1. The Morgan fingerprint density at radius 3 is 2.62 bits per heavy atom. The lowest BCUT2D eigenvalue weighted by atomic mass is 9.93. The number of pyridine rings is 1. The number of hydrogen-bond donors (Lipinski definition) is 1. The monoisotopic (exact) mass is 262 g/mol. The topological polar surface area (TPSA) is 24.9 Å². The molecule has 92 valence electrons. The molecule has 2 heterocycles. The first-order valence-corrected chi connectivity index (χ1v) is 5.55. The molecule has 1 atom stereocenters. The highest BCUT2D eigenvalue weighted by atomic mass is 35.5.